The van der Waals surface area contributed by atoms with Crippen LogP contribution in [-0.2, 0) is 30.0 Å². The summed E-state index contributed by atoms with van der Waals surface area (Å²) in [7, 11) is -3.73. The Kier molecular flexibility index (Phi) is 7.17. The van der Waals surface area contributed by atoms with E-state index in [1.807, 2.05) is 26.8 Å². The molecule has 0 fully saturated rings. The summed E-state index contributed by atoms with van der Waals surface area (Å²) in [4.78, 5) is 12.4. The normalized spacial score (nSPS) is 14.2. The van der Waals surface area contributed by atoms with E-state index in [-0.39, 0.29) is 12.4 Å². The van der Waals surface area contributed by atoms with E-state index in [1.54, 1.807) is 45.0 Å². The van der Waals surface area contributed by atoms with Gasteiger partial charge in [-0.25, -0.2) is 8.42 Å². The summed E-state index contributed by atoms with van der Waals surface area (Å²) < 4.78 is 38.2. The maximum Gasteiger partial charge on any atom is 0.327 e. The summed E-state index contributed by atoms with van der Waals surface area (Å²) in [6.07, 6.45) is 0. The number of nitrogens with one attached hydrogen (secondary N) is 1. The molecule has 7 heteroatoms. The first-order valence-corrected chi connectivity index (χ1v) is 9.83. The molecule has 6 nitrogen and oxygen atoms in total. The molecule has 0 bridgehead atoms. The van der Waals surface area contributed by atoms with Crippen molar-refractivity contribution in [1.29, 1.82) is 0 Å². The Balaban J connectivity index is 2.88. The first kappa shape index (κ1) is 21.6. The molecule has 25 heavy (non-hydrogen) atoms. The van der Waals surface area contributed by atoms with E-state index in [0.717, 1.165) is 0 Å². The summed E-state index contributed by atoms with van der Waals surface area (Å²) in [5.41, 5.74) is -0.595. The van der Waals surface area contributed by atoms with Crippen molar-refractivity contribution < 1.29 is 22.7 Å². The minimum absolute atomic E-state index is 0.105. The van der Waals surface area contributed by atoms with Crippen LogP contribution in [0.4, 0.5) is 0 Å². The van der Waals surface area contributed by atoms with Crippen LogP contribution in [0.2, 0.25) is 0 Å². The first-order chi connectivity index (χ1) is 11.3. The Hall–Kier alpha value is -1.44. The molecule has 1 aromatic carbocycles. The molecule has 1 aromatic rings. The van der Waals surface area contributed by atoms with Crippen LogP contribution in [0.1, 0.15) is 47.1 Å². The first-order valence-electron chi connectivity index (χ1n) is 8.18. The zero-order valence-electron chi connectivity index (χ0n) is 15.8. The monoisotopic (exact) mass is 371 g/mol. The number of carbonyl (C=O) groups excluding carboxylic acids is 1. The molecule has 0 aliphatic rings. The van der Waals surface area contributed by atoms with Crippen LogP contribution >= 0.6 is 0 Å². The second-order valence-electron chi connectivity index (χ2n) is 7.87. The molecule has 0 aliphatic heterocycles. The predicted molar refractivity (Wildman–Crippen MR) is 97.5 cm³/mol. The maximum absolute atomic E-state index is 12.4. The zero-order valence-corrected chi connectivity index (χ0v) is 16.6. The molecule has 0 heterocycles. The van der Waals surface area contributed by atoms with Gasteiger partial charge in [0.15, 0.2) is 0 Å². The summed E-state index contributed by atoms with van der Waals surface area (Å²) in [5, 5.41) is 0. The van der Waals surface area contributed by atoms with E-state index in [4.69, 9.17) is 9.47 Å². The highest BCUT2D eigenvalue weighted by Gasteiger charge is 2.30. The molecule has 0 saturated carbocycles. The molecule has 0 amide bonds. The second-order valence-corrected chi connectivity index (χ2v) is 9.63. The summed E-state index contributed by atoms with van der Waals surface area (Å²) in [5.74, 6) is -0.878. The van der Waals surface area contributed by atoms with Gasteiger partial charge >= 0.3 is 5.97 Å². The van der Waals surface area contributed by atoms with Crippen molar-refractivity contribution in [2.45, 2.75) is 64.5 Å². The van der Waals surface area contributed by atoms with Crippen LogP contribution in [-0.4, -0.2) is 38.2 Å². The molecule has 0 aromatic heterocycles. The SMILES string of the molecule is CC(C)(C)OC[C@H](NS(=O)(=O)Cc1ccccc1)C(=O)OC(C)(C)C. The number of sulfonamides is 1. The lowest BCUT2D eigenvalue weighted by Gasteiger charge is -2.27. The van der Waals surface area contributed by atoms with Gasteiger partial charge in [0.2, 0.25) is 10.0 Å². The van der Waals surface area contributed by atoms with Crippen LogP contribution in [0.25, 0.3) is 0 Å². The molecule has 0 unspecified atom stereocenters. The average Bonchev–Trinajstić information content (AvgIpc) is 2.41. The highest BCUT2D eigenvalue weighted by Crippen LogP contribution is 2.13. The molecular weight excluding hydrogens is 342 g/mol. The fourth-order valence-electron chi connectivity index (χ4n) is 1.91. The summed E-state index contributed by atoms with van der Waals surface area (Å²) in [6.45, 7) is 10.6. The highest BCUT2D eigenvalue weighted by molar-refractivity contribution is 7.88. The minimum atomic E-state index is -3.73. The van der Waals surface area contributed by atoms with Crippen LogP contribution in [0.5, 0.6) is 0 Å². The Morgan fingerprint density at radius 1 is 1.04 bits per heavy atom. The van der Waals surface area contributed by atoms with Crippen molar-refractivity contribution in [1.82, 2.24) is 4.72 Å². The van der Waals surface area contributed by atoms with Gasteiger partial charge < -0.3 is 9.47 Å². The molecule has 0 spiro atoms. The quantitative estimate of drug-likeness (QED) is 0.745. The Morgan fingerprint density at radius 2 is 1.60 bits per heavy atom. The lowest BCUT2D eigenvalue weighted by atomic mass is 10.2. The third kappa shape index (κ3) is 9.57. The van der Waals surface area contributed by atoms with Gasteiger partial charge in [0.25, 0.3) is 0 Å². The lowest BCUT2D eigenvalue weighted by molar-refractivity contribution is -0.159. The maximum atomic E-state index is 12.4. The van der Waals surface area contributed by atoms with Crippen molar-refractivity contribution in [2.24, 2.45) is 0 Å². The third-order valence-corrected chi connectivity index (χ3v) is 4.25. The largest absolute Gasteiger partial charge is 0.459 e. The number of rotatable bonds is 7. The average molecular weight is 371 g/mol. The Labute approximate surface area is 151 Å². The van der Waals surface area contributed by atoms with Crippen molar-refractivity contribution in [3.63, 3.8) is 0 Å². The molecule has 0 saturated heterocycles. The molecule has 1 N–H and O–H groups in total. The van der Waals surface area contributed by atoms with Gasteiger partial charge in [0, 0.05) is 0 Å². The standard InChI is InChI=1S/C18H29NO5S/c1-17(2,3)23-12-15(16(20)24-18(4,5)6)19-25(21,22)13-14-10-8-7-9-11-14/h7-11,15,19H,12-13H2,1-6H3/t15-/m0/s1. The van der Waals surface area contributed by atoms with Crippen molar-refractivity contribution >= 4 is 16.0 Å². The van der Waals surface area contributed by atoms with Crippen molar-refractivity contribution in [3.05, 3.63) is 35.9 Å². The van der Waals surface area contributed by atoms with Gasteiger partial charge in [-0.1, -0.05) is 30.3 Å². The van der Waals surface area contributed by atoms with Gasteiger partial charge in [-0.05, 0) is 47.1 Å². The van der Waals surface area contributed by atoms with E-state index < -0.39 is 33.2 Å². The number of hydrogen-bond donors (Lipinski definition) is 1. The smallest absolute Gasteiger partial charge is 0.327 e. The van der Waals surface area contributed by atoms with Crippen LogP contribution in [0.15, 0.2) is 30.3 Å². The number of esters is 1. The van der Waals surface area contributed by atoms with Crippen molar-refractivity contribution in [2.75, 3.05) is 6.61 Å². The molecule has 1 rings (SSSR count). The Bertz CT molecular complexity index is 657. The van der Waals surface area contributed by atoms with Gasteiger partial charge in [-0.15, -0.1) is 0 Å². The zero-order chi connectivity index (χ0) is 19.3. The van der Waals surface area contributed by atoms with Crippen LogP contribution in [0, 0.1) is 0 Å². The van der Waals surface area contributed by atoms with E-state index in [1.165, 1.54) is 0 Å². The van der Waals surface area contributed by atoms with Gasteiger partial charge in [0.1, 0.15) is 11.6 Å². The van der Waals surface area contributed by atoms with Gasteiger partial charge in [0.05, 0.1) is 18.0 Å². The molecule has 1 atom stereocenters. The van der Waals surface area contributed by atoms with E-state index in [9.17, 15) is 13.2 Å². The van der Waals surface area contributed by atoms with Gasteiger partial charge in [-0.2, -0.15) is 4.72 Å². The lowest BCUT2D eigenvalue weighted by Crippen LogP contribution is -2.48. The second kappa shape index (κ2) is 8.29. The van der Waals surface area contributed by atoms with E-state index in [2.05, 4.69) is 4.72 Å². The molecular formula is C18H29NO5S. The number of carbonyl (C=O) groups is 1. The summed E-state index contributed by atoms with van der Waals surface area (Å²) >= 11 is 0. The van der Waals surface area contributed by atoms with Crippen LogP contribution < -0.4 is 4.72 Å². The van der Waals surface area contributed by atoms with Gasteiger partial charge in [-0.3, -0.25) is 4.79 Å². The topological polar surface area (TPSA) is 81.7 Å². The minimum Gasteiger partial charge on any atom is -0.459 e. The van der Waals surface area contributed by atoms with E-state index in [0.29, 0.717) is 5.56 Å². The van der Waals surface area contributed by atoms with E-state index >= 15 is 0 Å². The number of ether oxygens (including phenoxy) is 2. The van der Waals surface area contributed by atoms with Crippen molar-refractivity contribution in [3.8, 4) is 0 Å². The third-order valence-electron chi connectivity index (χ3n) is 2.90. The molecule has 0 aliphatic carbocycles. The molecule has 142 valence electrons. The van der Waals surface area contributed by atoms with Crippen LogP contribution in [0.3, 0.4) is 0 Å². The number of benzene rings is 1. The Morgan fingerprint density at radius 3 is 2.08 bits per heavy atom. The predicted octanol–water partition coefficient (Wildman–Crippen LogP) is 2.63. The number of hydrogen-bond acceptors (Lipinski definition) is 5. The fourth-order valence-corrected chi connectivity index (χ4v) is 3.22. The highest BCUT2D eigenvalue weighted by atomic mass is 32.2. The molecule has 0 radical (unpaired) electrons. The summed E-state index contributed by atoms with van der Waals surface area (Å²) in [6, 6.07) is 7.66. The fraction of sp³-hybridized carbons (Fsp3) is 0.611.